The van der Waals surface area contributed by atoms with Gasteiger partial charge < -0.3 is 9.47 Å². The van der Waals surface area contributed by atoms with Crippen LogP contribution in [0.1, 0.15) is 21.5 Å². The summed E-state index contributed by atoms with van der Waals surface area (Å²) in [5.41, 5.74) is 4.56. The number of carbonyl (C=O) groups excluding carboxylic acids is 1. The lowest BCUT2D eigenvalue weighted by Gasteiger charge is -2.21. The third kappa shape index (κ3) is 2.47. The zero-order valence-corrected chi connectivity index (χ0v) is 14.5. The van der Waals surface area contributed by atoms with Gasteiger partial charge in [-0.2, -0.15) is 0 Å². The molecule has 0 saturated heterocycles. The van der Waals surface area contributed by atoms with Crippen molar-refractivity contribution in [2.24, 2.45) is 7.05 Å². The van der Waals surface area contributed by atoms with Crippen molar-refractivity contribution in [1.82, 2.24) is 9.47 Å². The molecular formula is C19H17BrN2O. The molecule has 0 bridgehead atoms. The van der Waals surface area contributed by atoms with Crippen molar-refractivity contribution in [3.63, 3.8) is 0 Å². The van der Waals surface area contributed by atoms with Crippen LogP contribution in [0.3, 0.4) is 0 Å². The summed E-state index contributed by atoms with van der Waals surface area (Å²) in [5.74, 6) is 0.101. The first kappa shape index (κ1) is 14.5. The van der Waals surface area contributed by atoms with Gasteiger partial charge in [-0.1, -0.05) is 28.1 Å². The normalized spacial score (nSPS) is 14.1. The molecule has 1 aliphatic heterocycles. The molecule has 2 heterocycles. The van der Waals surface area contributed by atoms with E-state index in [9.17, 15) is 4.79 Å². The van der Waals surface area contributed by atoms with Crippen molar-refractivity contribution >= 4 is 32.7 Å². The Morgan fingerprint density at radius 2 is 1.87 bits per heavy atom. The van der Waals surface area contributed by atoms with Crippen molar-refractivity contribution < 1.29 is 4.79 Å². The summed E-state index contributed by atoms with van der Waals surface area (Å²) in [5, 5.41) is 1.32. The van der Waals surface area contributed by atoms with E-state index in [0.29, 0.717) is 6.54 Å². The van der Waals surface area contributed by atoms with Gasteiger partial charge in [-0.3, -0.25) is 4.79 Å². The van der Waals surface area contributed by atoms with Crippen molar-refractivity contribution in [1.29, 1.82) is 0 Å². The number of hydrogen-bond donors (Lipinski definition) is 0. The molecule has 23 heavy (non-hydrogen) atoms. The molecule has 0 N–H and O–H groups in total. The minimum atomic E-state index is 0.101. The third-order valence-electron chi connectivity index (χ3n) is 4.57. The van der Waals surface area contributed by atoms with Gasteiger partial charge in [0.15, 0.2) is 0 Å². The van der Waals surface area contributed by atoms with E-state index in [4.69, 9.17) is 0 Å². The molecule has 3 nitrogen and oxygen atoms in total. The first-order valence-corrected chi connectivity index (χ1v) is 8.53. The van der Waals surface area contributed by atoms with Crippen LogP contribution in [-0.4, -0.2) is 21.9 Å². The van der Waals surface area contributed by atoms with Gasteiger partial charge in [0.05, 0.1) is 0 Å². The minimum Gasteiger partial charge on any atom is -0.350 e. The Morgan fingerprint density at radius 1 is 1.09 bits per heavy atom. The van der Waals surface area contributed by atoms with Crippen LogP contribution in [0.15, 0.2) is 53.1 Å². The summed E-state index contributed by atoms with van der Waals surface area (Å²) in [6.07, 6.45) is 3.10. The second kappa shape index (κ2) is 5.53. The van der Waals surface area contributed by atoms with Crippen LogP contribution in [-0.2, 0) is 20.0 Å². The maximum absolute atomic E-state index is 12.8. The average Bonchev–Trinajstić information content (AvgIpc) is 2.76. The lowest BCUT2D eigenvalue weighted by atomic mass is 10.1. The van der Waals surface area contributed by atoms with Crippen molar-refractivity contribution in [3.05, 3.63) is 69.8 Å². The lowest BCUT2D eigenvalue weighted by molar-refractivity contribution is 0.0748. The van der Waals surface area contributed by atoms with Gasteiger partial charge in [0.1, 0.15) is 0 Å². The molecule has 0 unspecified atom stereocenters. The van der Waals surface area contributed by atoms with Crippen LogP contribution in [0.2, 0.25) is 0 Å². The van der Waals surface area contributed by atoms with Crippen LogP contribution < -0.4 is 0 Å². The molecule has 0 aliphatic carbocycles. The first-order chi connectivity index (χ1) is 11.1. The van der Waals surface area contributed by atoms with Gasteiger partial charge in [-0.05, 0) is 47.9 Å². The summed E-state index contributed by atoms with van der Waals surface area (Å²) in [6.45, 7) is 1.42. The molecule has 1 aliphatic rings. The van der Waals surface area contributed by atoms with Crippen molar-refractivity contribution in [2.45, 2.75) is 13.0 Å². The molecule has 2 aromatic carbocycles. The van der Waals surface area contributed by atoms with E-state index in [2.05, 4.69) is 51.9 Å². The molecule has 0 radical (unpaired) electrons. The molecule has 4 rings (SSSR count). The Bertz CT molecular complexity index is 896. The van der Waals surface area contributed by atoms with E-state index >= 15 is 0 Å². The molecule has 0 fully saturated rings. The quantitative estimate of drug-likeness (QED) is 0.633. The second-order valence-corrected chi connectivity index (χ2v) is 6.98. The number of nitrogens with zero attached hydrogens (tertiary/aromatic N) is 2. The predicted molar refractivity (Wildman–Crippen MR) is 95.5 cm³/mol. The smallest absolute Gasteiger partial charge is 0.254 e. The number of amides is 1. The van der Waals surface area contributed by atoms with Gasteiger partial charge >= 0.3 is 0 Å². The molecule has 0 atom stereocenters. The minimum absolute atomic E-state index is 0.101. The highest BCUT2D eigenvalue weighted by atomic mass is 79.9. The molecule has 1 aromatic heterocycles. The Balaban J connectivity index is 1.71. The van der Waals surface area contributed by atoms with Crippen molar-refractivity contribution in [2.75, 3.05) is 6.54 Å². The van der Waals surface area contributed by atoms with E-state index in [1.54, 1.807) is 0 Å². The number of hydrogen-bond acceptors (Lipinski definition) is 1. The Labute approximate surface area is 143 Å². The molecule has 4 heteroatoms. The van der Waals surface area contributed by atoms with E-state index < -0.39 is 0 Å². The fourth-order valence-electron chi connectivity index (χ4n) is 3.43. The fourth-order valence-corrected chi connectivity index (χ4v) is 3.69. The predicted octanol–water partition coefficient (Wildman–Crippen LogP) is 4.14. The summed E-state index contributed by atoms with van der Waals surface area (Å²) >= 11 is 3.42. The SMILES string of the molecule is Cn1cc2c3c(cccc31)CN(C(=O)c1ccc(Br)cc1)CC2. The molecule has 0 saturated carbocycles. The van der Waals surface area contributed by atoms with Crippen LogP contribution >= 0.6 is 15.9 Å². The number of benzene rings is 2. The first-order valence-electron chi connectivity index (χ1n) is 7.74. The number of rotatable bonds is 1. The summed E-state index contributed by atoms with van der Waals surface area (Å²) in [6, 6.07) is 14.0. The highest BCUT2D eigenvalue weighted by Gasteiger charge is 2.22. The van der Waals surface area contributed by atoms with Crippen molar-refractivity contribution in [3.8, 4) is 0 Å². The standard InChI is InChI=1S/C19H17BrN2O/c1-21-11-15-9-10-22(12-14-3-2-4-17(21)18(14)15)19(23)13-5-7-16(20)8-6-13/h2-8,11H,9-10,12H2,1H3. The molecule has 1 amide bonds. The third-order valence-corrected chi connectivity index (χ3v) is 5.10. The van der Waals surface area contributed by atoms with E-state index in [-0.39, 0.29) is 5.91 Å². The maximum Gasteiger partial charge on any atom is 0.254 e. The average molecular weight is 369 g/mol. The fraction of sp³-hybridized carbons (Fsp3) is 0.211. The van der Waals surface area contributed by atoms with E-state index in [1.807, 2.05) is 29.2 Å². The molecule has 0 spiro atoms. The number of carbonyl (C=O) groups is 1. The largest absolute Gasteiger partial charge is 0.350 e. The molecule has 116 valence electrons. The Kier molecular flexibility index (Phi) is 3.49. The second-order valence-electron chi connectivity index (χ2n) is 6.06. The van der Waals surface area contributed by atoms with E-state index in [1.165, 1.54) is 22.0 Å². The topological polar surface area (TPSA) is 25.2 Å². The van der Waals surface area contributed by atoms with Crippen LogP contribution in [0.25, 0.3) is 10.9 Å². The lowest BCUT2D eigenvalue weighted by Crippen LogP contribution is -2.31. The van der Waals surface area contributed by atoms with Gasteiger partial charge in [0, 0.05) is 47.3 Å². The maximum atomic E-state index is 12.8. The van der Waals surface area contributed by atoms with Crippen LogP contribution in [0, 0.1) is 0 Å². The van der Waals surface area contributed by atoms with Crippen LogP contribution in [0.5, 0.6) is 0 Å². The van der Waals surface area contributed by atoms with E-state index in [0.717, 1.165) is 23.0 Å². The van der Waals surface area contributed by atoms with Gasteiger partial charge in [-0.25, -0.2) is 0 Å². The number of aryl methyl sites for hydroxylation is 1. The monoisotopic (exact) mass is 368 g/mol. The van der Waals surface area contributed by atoms with Gasteiger partial charge in [0.2, 0.25) is 0 Å². The number of aromatic nitrogens is 1. The highest BCUT2D eigenvalue weighted by Crippen LogP contribution is 2.29. The zero-order valence-electron chi connectivity index (χ0n) is 12.9. The zero-order chi connectivity index (χ0) is 16.0. The summed E-state index contributed by atoms with van der Waals surface area (Å²) in [4.78, 5) is 14.8. The number of halogens is 1. The summed E-state index contributed by atoms with van der Waals surface area (Å²) in [7, 11) is 2.09. The Hall–Kier alpha value is -2.07. The van der Waals surface area contributed by atoms with Gasteiger partial charge in [-0.15, -0.1) is 0 Å². The van der Waals surface area contributed by atoms with Crippen LogP contribution in [0.4, 0.5) is 0 Å². The highest BCUT2D eigenvalue weighted by molar-refractivity contribution is 9.10. The Morgan fingerprint density at radius 3 is 2.65 bits per heavy atom. The molecule has 3 aromatic rings. The summed E-state index contributed by atoms with van der Waals surface area (Å²) < 4.78 is 3.17. The molecular weight excluding hydrogens is 352 g/mol. The van der Waals surface area contributed by atoms with Gasteiger partial charge in [0.25, 0.3) is 5.91 Å².